The van der Waals surface area contributed by atoms with E-state index in [0.717, 1.165) is 11.1 Å². The van der Waals surface area contributed by atoms with Gasteiger partial charge < -0.3 is 14.7 Å². The number of non-ortho nitro benzene ring substituents is 1. The SMILES string of the molecule is O=C(O)[C@H]1CN(C(=O)OCc2ccccc2)CCN1Cc1ccc([N+](=O)[O-])cc1. The van der Waals surface area contributed by atoms with Gasteiger partial charge in [-0.1, -0.05) is 42.5 Å². The topological polar surface area (TPSA) is 113 Å². The Kier molecular flexibility index (Phi) is 6.40. The van der Waals surface area contributed by atoms with E-state index in [-0.39, 0.29) is 18.8 Å². The highest BCUT2D eigenvalue weighted by atomic mass is 16.6. The Hall–Kier alpha value is -3.46. The number of carboxylic acids is 1. The molecule has 0 bridgehead atoms. The third kappa shape index (κ3) is 5.29. The standard InChI is InChI=1S/C20H21N3O6/c24-19(25)18-13-22(20(26)29-14-16-4-2-1-3-5-16)11-10-21(18)12-15-6-8-17(9-7-15)23(27)28/h1-9,18H,10-14H2,(H,24,25)/t18-/m1/s1. The summed E-state index contributed by atoms with van der Waals surface area (Å²) in [4.78, 5) is 37.5. The average molecular weight is 399 g/mol. The van der Waals surface area contributed by atoms with Crippen LogP contribution in [0, 0.1) is 10.1 Å². The summed E-state index contributed by atoms with van der Waals surface area (Å²) in [6.45, 7) is 1.15. The van der Waals surface area contributed by atoms with Crippen LogP contribution in [-0.4, -0.2) is 57.6 Å². The number of nitrogens with zero attached hydrogens (tertiary/aromatic N) is 3. The lowest BCUT2D eigenvalue weighted by Crippen LogP contribution is -2.57. The van der Waals surface area contributed by atoms with Gasteiger partial charge in [0.15, 0.2) is 0 Å². The van der Waals surface area contributed by atoms with Gasteiger partial charge in [0, 0.05) is 31.8 Å². The van der Waals surface area contributed by atoms with Gasteiger partial charge in [-0.05, 0) is 11.1 Å². The van der Waals surface area contributed by atoms with Gasteiger partial charge in [-0.15, -0.1) is 0 Å². The molecule has 2 aromatic rings. The van der Waals surface area contributed by atoms with Gasteiger partial charge in [-0.25, -0.2) is 4.79 Å². The molecule has 9 nitrogen and oxygen atoms in total. The summed E-state index contributed by atoms with van der Waals surface area (Å²) in [5, 5.41) is 20.4. The average Bonchev–Trinajstić information content (AvgIpc) is 2.73. The summed E-state index contributed by atoms with van der Waals surface area (Å²) < 4.78 is 5.30. The van der Waals surface area contributed by atoms with Crippen LogP contribution in [0.25, 0.3) is 0 Å². The molecule has 1 heterocycles. The fourth-order valence-electron chi connectivity index (χ4n) is 3.18. The zero-order valence-corrected chi connectivity index (χ0v) is 15.6. The molecule has 152 valence electrons. The number of nitro benzene ring substituents is 1. The lowest BCUT2D eigenvalue weighted by Gasteiger charge is -2.38. The maximum absolute atomic E-state index is 12.3. The summed E-state index contributed by atoms with van der Waals surface area (Å²) in [6, 6.07) is 14.4. The number of carbonyl (C=O) groups excluding carboxylic acids is 1. The molecule has 0 radical (unpaired) electrons. The van der Waals surface area contributed by atoms with Gasteiger partial charge in [0.25, 0.3) is 5.69 Å². The molecule has 9 heteroatoms. The van der Waals surface area contributed by atoms with Crippen LogP contribution in [0.4, 0.5) is 10.5 Å². The minimum atomic E-state index is -1.03. The second-order valence-electron chi connectivity index (χ2n) is 6.73. The Morgan fingerprint density at radius 3 is 2.38 bits per heavy atom. The van der Waals surface area contributed by atoms with Crippen molar-refractivity contribution in [2.75, 3.05) is 19.6 Å². The molecule has 1 fully saturated rings. The molecule has 3 rings (SSSR count). The van der Waals surface area contributed by atoms with E-state index in [1.165, 1.54) is 17.0 Å². The number of ether oxygens (including phenoxy) is 1. The van der Waals surface area contributed by atoms with Crippen molar-refractivity contribution in [3.63, 3.8) is 0 Å². The highest BCUT2D eigenvalue weighted by Gasteiger charge is 2.34. The first kappa shape index (κ1) is 20.3. The number of hydrogen-bond acceptors (Lipinski definition) is 6. The fraction of sp³-hybridized carbons (Fsp3) is 0.300. The van der Waals surface area contributed by atoms with E-state index in [4.69, 9.17) is 4.74 Å². The molecule has 0 aliphatic carbocycles. The van der Waals surface area contributed by atoms with Crippen LogP contribution in [-0.2, 0) is 22.7 Å². The Morgan fingerprint density at radius 2 is 1.76 bits per heavy atom. The van der Waals surface area contributed by atoms with Gasteiger partial charge in [0.05, 0.1) is 11.5 Å². The largest absolute Gasteiger partial charge is 0.480 e. The lowest BCUT2D eigenvalue weighted by atomic mass is 10.1. The highest BCUT2D eigenvalue weighted by molar-refractivity contribution is 5.76. The molecule has 1 aliphatic rings. The second-order valence-corrected chi connectivity index (χ2v) is 6.73. The molecular formula is C20H21N3O6. The number of amides is 1. The first-order chi connectivity index (χ1) is 13.9. The Bertz CT molecular complexity index is 872. The first-order valence-corrected chi connectivity index (χ1v) is 9.10. The minimum absolute atomic E-state index is 0.00986. The van der Waals surface area contributed by atoms with E-state index in [1.54, 1.807) is 17.0 Å². The van der Waals surface area contributed by atoms with Crippen LogP contribution < -0.4 is 0 Å². The number of carboxylic acid groups (broad SMARTS) is 1. The second kappa shape index (κ2) is 9.16. The molecule has 0 spiro atoms. The van der Waals surface area contributed by atoms with Gasteiger partial charge in [-0.2, -0.15) is 0 Å². The van der Waals surface area contributed by atoms with Crippen LogP contribution >= 0.6 is 0 Å². The molecule has 1 saturated heterocycles. The van der Waals surface area contributed by atoms with Crippen LogP contribution in [0.2, 0.25) is 0 Å². The summed E-state index contributed by atoms with van der Waals surface area (Å²) in [5.74, 6) is -1.03. The van der Waals surface area contributed by atoms with Crippen molar-refractivity contribution in [3.8, 4) is 0 Å². The smallest absolute Gasteiger partial charge is 0.410 e. The monoisotopic (exact) mass is 399 g/mol. The van der Waals surface area contributed by atoms with Crippen molar-refractivity contribution >= 4 is 17.7 Å². The summed E-state index contributed by atoms with van der Waals surface area (Å²) in [7, 11) is 0. The van der Waals surface area contributed by atoms with Gasteiger partial charge in [-0.3, -0.25) is 19.8 Å². The third-order valence-electron chi connectivity index (χ3n) is 4.77. The molecule has 1 amide bonds. The number of hydrogen-bond donors (Lipinski definition) is 1. The van der Waals surface area contributed by atoms with Crippen LogP contribution in [0.5, 0.6) is 0 Å². The van der Waals surface area contributed by atoms with Gasteiger partial charge in [0.2, 0.25) is 0 Å². The van der Waals surface area contributed by atoms with Crippen molar-refractivity contribution in [2.24, 2.45) is 0 Å². The molecule has 2 aromatic carbocycles. The van der Waals surface area contributed by atoms with Crippen molar-refractivity contribution in [1.29, 1.82) is 0 Å². The Labute approximate surface area is 167 Å². The maximum atomic E-state index is 12.3. The molecule has 0 unspecified atom stereocenters. The molecule has 0 aromatic heterocycles. The number of benzene rings is 2. The molecule has 1 atom stereocenters. The maximum Gasteiger partial charge on any atom is 0.410 e. The van der Waals surface area contributed by atoms with Crippen LogP contribution in [0.15, 0.2) is 54.6 Å². The summed E-state index contributed by atoms with van der Waals surface area (Å²) >= 11 is 0. The van der Waals surface area contributed by atoms with E-state index in [9.17, 15) is 24.8 Å². The highest BCUT2D eigenvalue weighted by Crippen LogP contribution is 2.18. The molecule has 1 aliphatic heterocycles. The van der Waals surface area contributed by atoms with Crippen molar-refractivity contribution in [3.05, 3.63) is 75.8 Å². The van der Waals surface area contributed by atoms with E-state index >= 15 is 0 Å². The number of aliphatic carboxylic acids is 1. The third-order valence-corrected chi connectivity index (χ3v) is 4.77. The lowest BCUT2D eigenvalue weighted by molar-refractivity contribution is -0.384. The van der Waals surface area contributed by atoms with Crippen molar-refractivity contribution < 1.29 is 24.4 Å². The van der Waals surface area contributed by atoms with Crippen molar-refractivity contribution in [2.45, 2.75) is 19.2 Å². The Morgan fingerprint density at radius 1 is 1.07 bits per heavy atom. The number of carbonyl (C=O) groups is 2. The molecular weight excluding hydrogens is 378 g/mol. The number of piperazine rings is 1. The van der Waals surface area contributed by atoms with E-state index in [1.807, 2.05) is 30.3 Å². The zero-order valence-electron chi connectivity index (χ0n) is 15.6. The molecule has 1 N–H and O–H groups in total. The summed E-state index contributed by atoms with van der Waals surface area (Å²) in [6.07, 6.45) is -0.546. The van der Waals surface area contributed by atoms with E-state index < -0.39 is 23.0 Å². The van der Waals surface area contributed by atoms with E-state index in [0.29, 0.717) is 19.6 Å². The predicted octanol–water partition coefficient (Wildman–Crippen LogP) is 2.50. The van der Waals surface area contributed by atoms with Gasteiger partial charge in [0.1, 0.15) is 12.6 Å². The molecule has 0 saturated carbocycles. The minimum Gasteiger partial charge on any atom is -0.480 e. The fourth-order valence-corrected chi connectivity index (χ4v) is 3.18. The summed E-state index contributed by atoms with van der Waals surface area (Å²) in [5.41, 5.74) is 1.60. The van der Waals surface area contributed by atoms with Crippen molar-refractivity contribution in [1.82, 2.24) is 9.80 Å². The van der Waals surface area contributed by atoms with Crippen LogP contribution in [0.3, 0.4) is 0 Å². The number of nitro groups is 1. The first-order valence-electron chi connectivity index (χ1n) is 9.10. The number of rotatable bonds is 6. The van der Waals surface area contributed by atoms with Gasteiger partial charge >= 0.3 is 12.1 Å². The predicted molar refractivity (Wildman–Crippen MR) is 103 cm³/mol. The van der Waals surface area contributed by atoms with E-state index in [2.05, 4.69) is 0 Å². The normalized spacial score (nSPS) is 17.0. The van der Waals surface area contributed by atoms with Crippen LogP contribution in [0.1, 0.15) is 11.1 Å². The zero-order chi connectivity index (χ0) is 20.8. The molecule has 29 heavy (non-hydrogen) atoms. The quantitative estimate of drug-likeness (QED) is 0.586. The Balaban J connectivity index is 1.59.